The summed E-state index contributed by atoms with van der Waals surface area (Å²) in [5.41, 5.74) is 9.37. The van der Waals surface area contributed by atoms with Crippen LogP contribution in [0, 0.1) is 13.8 Å². The van der Waals surface area contributed by atoms with E-state index < -0.39 is 11.8 Å². The molecule has 162 valence electrons. The van der Waals surface area contributed by atoms with Crippen LogP contribution < -0.4 is 10.9 Å². The molecular weight excluding hydrogens is 418 g/mol. The van der Waals surface area contributed by atoms with E-state index >= 15 is 0 Å². The maximum atomic E-state index is 13.0. The largest absolute Gasteiger partial charge is 0.309 e. The van der Waals surface area contributed by atoms with E-state index in [0.29, 0.717) is 27.9 Å². The van der Waals surface area contributed by atoms with Gasteiger partial charge in [-0.15, -0.1) is 5.10 Å². The number of carbonyl (C=O) groups excluding carboxylic acids is 2. The normalized spacial score (nSPS) is 11.0. The maximum Gasteiger partial charge on any atom is 0.309 e. The quantitative estimate of drug-likeness (QED) is 0.420. The first-order valence-corrected chi connectivity index (χ1v) is 10.3. The zero-order valence-corrected chi connectivity index (χ0v) is 17.9. The molecule has 0 aliphatic carbocycles. The molecule has 0 aliphatic heterocycles. The van der Waals surface area contributed by atoms with E-state index in [4.69, 9.17) is 4.98 Å². The highest BCUT2D eigenvalue weighted by atomic mass is 16.2. The summed E-state index contributed by atoms with van der Waals surface area (Å²) in [5, 5.41) is 4.82. The number of benzene rings is 2. The van der Waals surface area contributed by atoms with Crippen LogP contribution in [0.2, 0.25) is 0 Å². The smallest absolute Gasteiger partial charge is 0.267 e. The molecule has 0 spiro atoms. The van der Waals surface area contributed by atoms with Gasteiger partial charge in [0.25, 0.3) is 11.7 Å². The molecule has 2 N–H and O–H groups in total. The van der Waals surface area contributed by atoms with Gasteiger partial charge in [0.15, 0.2) is 0 Å². The monoisotopic (exact) mass is 437 g/mol. The van der Waals surface area contributed by atoms with Crippen molar-refractivity contribution >= 4 is 28.5 Å². The van der Waals surface area contributed by atoms with Gasteiger partial charge in [-0.1, -0.05) is 48.0 Å². The fourth-order valence-corrected chi connectivity index (χ4v) is 3.47. The van der Waals surface area contributed by atoms with Gasteiger partial charge >= 0.3 is 5.91 Å². The lowest BCUT2D eigenvalue weighted by molar-refractivity contribution is 0.0842. The van der Waals surface area contributed by atoms with Gasteiger partial charge in [0.2, 0.25) is 5.82 Å². The molecule has 0 saturated heterocycles. The number of rotatable bonds is 3. The lowest BCUT2D eigenvalue weighted by Crippen LogP contribution is -2.42. The van der Waals surface area contributed by atoms with Gasteiger partial charge in [0.1, 0.15) is 0 Å². The van der Waals surface area contributed by atoms with Crippen LogP contribution in [0.3, 0.4) is 0 Å². The van der Waals surface area contributed by atoms with Crippen molar-refractivity contribution in [3.05, 3.63) is 89.5 Å². The Morgan fingerprint density at radius 3 is 2.42 bits per heavy atom. The highest BCUT2D eigenvalue weighted by Gasteiger charge is 2.18. The van der Waals surface area contributed by atoms with Crippen LogP contribution in [0.15, 0.2) is 66.9 Å². The van der Waals surface area contributed by atoms with Gasteiger partial charge in [0.05, 0.1) is 16.8 Å². The summed E-state index contributed by atoms with van der Waals surface area (Å²) < 4.78 is 1.46. The number of carbonyl (C=O) groups is 2. The third-order valence-corrected chi connectivity index (χ3v) is 5.23. The molecule has 0 aliphatic rings. The molecule has 0 bridgehead atoms. The number of pyridine rings is 1. The van der Waals surface area contributed by atoms with Crippen LogP contribution in [-0.4, -0.2) is 36.4 Å². The number of nitrogens with one attached hydrogen (secondary N) is 2. The number of amides is 2. The average Bonchev–Trinajstić information content (AvgIpc) is 3.28. The van der Waals surface area contributed by atoms with Crippen molar-refractivity contribution in [1.29, 1.82) is 0 Å². The van der Waals surface area contributed by atoms with Crippen molar-refractivity contribution < 1.29 is 9.59 Å². The fourth-order valence-electron chi connectivity index (χ4n) is 3.47. The van der Waals surface area contributed by atoms with Crippen LogP contribution in [0.25, 0.3) is 27.9 Å². The number of fused-ring (bicyclic) bond motifs is 2. The number of hydrogen-bond acceptors (Lipinski definition) is 6. The molecule has 2 aromatic carbocycles. The Labute approximate surface area is 188 Å². The van der Waals surface area contributed by atoms with E-state index in [1.54, 1.807) is 18.3 Å². The number of nitrogens with zero attached hydrogens (tertiary/aromatic N) is 5. The first-order chi connectivity index (χ1) is 16.0. The van der Waals surface area contributed by atoms with Crippen LogP contribution in [0.4, 0.5) is 0 Å². The lowest BCUT2D eigenvalue weighted by Gasteiger charge is -2.11. The number of aryl methyl sites for hydroxylation is 2. The fraction of sp³-hybridized carbons (Fsp3) is 0.0833. The van der Waals surface area contributed by atoms with E-state index in [9.17, 15) is 9.59 Å². The molecule has 5 rings (SSSR count). The molecule has 3 aromatic heterocycles. The number of hydrazine groups is 1. The molecule has 9 nitrogen and oxygen atoms in total. The molecule has 2 amide bonds. The summed E-state index contributed by atoms with van der Waals surface area (Å²) >= 11 is 0. The predicted octanol–water partition coefficient (Wildman–Crippen LogP) is 3.03. The molecule has 5 aromatic rings. The second-order valence-corrected chi connectivity index (χ2v) is 7.58. The Morgan fingerprint density at radius 1 is 0.879 bits per heavy atom. The van der Waals surface area contributed by atoms with E-state index in [1.807, 2.05) is 62.4 Å². The number of aromatic nitrogens is 5. The third-order valence-electron chi connectivity index (χ3n) is 5.23. The summed E-state index contributed by atoms with van der Waals surface area (Å²) in [7, 11) is 0. The first kappa shape index (κ1) is 20.3. The second-order valence-electron chi connectivity index (χ2n) is 7.58. The van der Waals surface area contributed by atoms with E-state index in [0.717, 1.165) is 16.8 Å². The highest BCUT2D eigenvalue weighted by molar-refractivity contribution is 6.08. The Balaban J connectivity index is 1.43. The number of para-hydroxylation sites is 1. The van der Waals surface area contributed by atoms with Gasteiger partial charge < -0.3 is 0 Å². The molecule has 0 saturated carbocycles. The van der Waals surface area contributed by atoms with Crippen LogP contribution in [-0.2, 0) is 0 Å². The number of hydrogen-bond donors (Lipinski definition) is 2. The topological polar surface area (TPSA) is 114 Å². The zero-order valence-electron chi connectivity index (χ0n) is 17.9. The standard InChI is InChI=1S/C24H19N7O2/c1-14-7-9-16(10-8-14)20-13-18(17-5-3-4-6-19(17)26-20)22(32)28-29-23(33)21-27-24-25-12-11-15(2)31(24)30-21/h3-13H,1-2H3,(H,28,32)(H,29,33). The Morgan fingerprint density at radius 2 is 1.64 bits per heavy atom. The predicted molar refractivity (Wildman–Crippen MR) is 122 cm³/mol. The van der Waals surface area contributed by atoms with Crippen molar-refractivity contribution in [3.8, 4) is 11.3 Å². The summed E-state index contributed by atoms with van der Waals surface area (Å²) in [5.74, 6) is -0.926. The summed E-state index contributed by atoms with van der Waals surface area (Å²) in [6.45, 7) is 3.83. The maximum absolute atomic E-state index is 13.0. The second kappa shape index (κ2) is 8.12. The highest BCUT2D eigenvalue weighted by Crippen LogP contribution is 2.25. The lowest BCUT2D eigenvalue weighted by atomic mass is 10.0. The Kier molecular flexibility index (Phi) is 4.98. The van der Waals surface area contributed by atoms with E-state index in [1.165, 1.54) is 4.52 Å². The molecule has 0 radical (unpaired) electrons. The molecule has 0 unspecified atom stereocenters. The molecule has 0 atom stereocenters. The summed E-state index contributed by atoms with van der Waals surface area (Å²) in [6, 6.07) is 18.7. The molecule has 0 fully saturated rings. The first-order valence-electron chi connectivity index (χ1n) is 10.3. The van der Waals surface area contributed by atoms with Gasteiger partial charge in [-0.3, -0.25) is 20.4 Å². The summed E-state index contributed by atoms with van der Waals surface area (Å²) in [4.78, 5) is 38.5. The van der Waals surface area contributed by atoms with Crippen LogP contribution in [0.1, 0.15) is 32.2 Å². The van der Waals surface area contributed by atoms with Gasteiger partial charge in [0, 0.05) is 22.8 Å². The molecule has 9 heteroatoms. The van der Waals surface area contributed by atoms with Crippen molar-refractivity contribution in [2.75, 3.05) is 0 Å². The van der Waals surface area contributed by atoms with E-state index in [2.05, 4.69) is 25.9 Å². The van der Waals surface area contributed by atoms with Crippen molar-refractivity contribution in [1.82, 2.24) is 35.4 Å². The Bertz CT molecular complexity index is 1520. The van der Waals surface area contributed by atoms with E-state index in [-0.39, 0.29) is 5.82 Å². The van der Waals surface area contributed by atoms with Gasteiger partial charge in [-0.2, -0.15) is 4.98 Å². The minimum Gasteiger partial charge on any atom is -0.267 e. The Hall–Kier alpha value is -4.66. The minimum absolute atomic E-state index is 0.1000. The molecule has 33 heavy (non-hydrogen) atoms. The zero-order chi connectivity index (χ0) is 22.9. The van der Waals surface area contributed by atoms with Crippen molar-refractivity contribution in [2.45, 2.75) is 13.8 Å². The third kappa shape index (κ3) is 3.87. The van der Waals surface area contributed by atoms with Crippen molar-refractivity contribution in [2.24, 2.45) is 0 Å². The summed E-state index contributed by atoms with van der Waals surface area (Å²) in [6.07, 6.45) is 1.59. The SMILES string of the molecule is Cc1ccc(-c2cc(C(=O)NNC(=O)c3nc4nccc(C)n4n3)c3ccccc3n2)cc1. The van der Waals surface area contributed by atoms with Gasteiger partial charge in [-0.25, -0.2) is 14.5 Å². The average molecular weight is 437 g/mol. The van der Waals surface area contributed by atoms with Crippen LogP contribution in [0.5, 0.6) is 0 Å². The van der Waals surface area contributed by atoms with Crippen LogP contribution >= 0.6 is 0 Å². The molecular formula is C24H19N7O2. The minimum atomic E-state index is -0.648. The molecule has 3 heterocycles. The van der Waals surface area contributed by atoms with Crippen molar-refractivity contribution in [3.63, 3.8) is 0 Å². The van der Waals surface area contributed by atoms with Gasteiger partial charge in [-0.05, 0) is 32.0 Å².